The molecule has 29 heavy (non-hydrogen) atoms. The minimum Gasteiger partial charge on any atom is -0.457 e. The second kappa shape index (κ2) is 8.26. The van der Waals surface area contributed by atoms with Gasteiger partial charge in [-0.1, -0.05) is 24.3 Å². The Morgan fingerprint density at radius 3 is 2.62 bits per heavy atom. The smallest absolute Gasteiger partial charge is 0.251 e. The Bertz CT molecular complexity index is 1150. The molecule has 7 nitrogen and oxygen atoms in total. The zero-order chi connectivity index (χ0) is 20.1. The van der Waals surface area contributed by atoms with Gasteiger partial charge in [0.15, 0.2) is 0 Å². The van der Waals surface area contributed by atoms with Crippen LogP contribution in [0.25, 0.3) is 10.9 Å². The van der Waals surface area contributed by atoms with Gasteiger partial charge in [-0.25, -0.2) is 0 Å². The van der Waals surface area contributed by atoms with E-state index >= 15 is 0 Å². The fourth-order valence-electron chi connectivity index (χ4n) is 2.81. The van der Waals surface area contributed by atoms with Gasteiger partial charge < -0.3 is 15.4 Å². The monoisotopic (exact) mass is 386 g/mol. The Morgan fingerprint density at radius 2 is 1.76 bits per heavy atom. The summed E-state index contributed by atoms with van der Waals surface area (Å²) in [5.41, 5.74) is 1.85. The molecule has 4 rings (SSSR count). The molecule has 0 spiro atoms. The molecule has 2 amide bonds. The number of nitrogens with zero attached hydrogens (tertiary/aromatic N) is 1. The highest BCUT2D eigenvalue weighted by atomic mass is 16.5. The predicted octanol–water partition coefficient (Wildman–Crippen LogP) is 3.72. The molecule has 1 heterocycles. The summed E-state index contributed by atoms with van der Waals surface area (Å²) in [5.74, 6) is 0.538. The number of hydrogen-bond acceptors (Lipinski definition) is 4. The molecule has 3 N–H and O–H groups in total. The van der Waals surface area contributed by atoms with E-state index in [9.17, 15) is 9.59 Å². The highest BCUT2D eigenvalue weighted by molar-refractivity contribution is 6.00. The number of ether oxygens (including phenoxy) is 1. The summed E-state index contributed by atoms with van der Waals surface area (Å²) < 4.78 is 5.73. The summed E-state index contributed by atoms with van der Waals surface area (Å²) >= 11 is 0. The van der Waals surface area contributed by atoms with Crippen LogP contribution in [0.5, 0.6) is 11.5 Å². The molecule has 0 saturated heterocycles. The van der Waals surface area contributed by atoms with Crippen molar-refractivity contribution in [2.24, 2.45) is 0 Å². The van der Waals surface area contributed by atoms with Crippen LogP contribution < -0.4 is 15.4 Å². The number of carbonyl (C=O) groups excluding carboxylic acids is 2. The van der Waals surface area contributed by atoms with E-state index in [0.29, 0.717) is 22.7 Å². The summed E-state index contributed by atoms with van der Waals surface area (Å²) in [4.78, 5) is 24.5. The summed E-state index contributed by atoms with van der Waals surface area (Å²) in [6.45, 7) is -0.149. The Kier molecular flexibility index (Phi) is 5.20. The highest BCUT2D eigenvalue weighted by Gasteiger charge is 2.10. The fraction of sp³-hybridized carbons (Fsp3) is 0.0455. The van der Waals surface area contributed by atoms with E-state index in [-0.39, 0.29) is 18.4 Å². The van der Waals surface area contributed by atoms with Crippen molar-refractivity contribution in [3.05, 3.63) is 84.6 Å². The SMILES string of the molecule is O=C(CNC(=O)c1cccc(Oc2ccccc2)c1)Nc1ccc2cn[nH]c2c1. The van der Waals surface area contributed by atoms with Gasteiger partial charge in [-0.15, -0.1) is 0 Å². The molecule has 0 bridgehead atoms. The molecule has 0 aliphatic rings. The van der Waals surface area contributed by atoms with Crippen LogP contribution in [0.2, 0.25) is 0 Å². The summed E-state index contributed by atoms with van der Waals surface area (Å²) in [6, 6.07) is 21.5. The number of anilines is 1. The highest BCUT2D eigenvalue weighted by Crippen LogP contribution is 2.21. The summed E-state index contributed by atoms with van der Waals surface area (Å²) in [6.07, 6.45) is 1.71. The van der Waals surface area contributed by atoms with Crippen LogP contribution in [0, 0.1) is 0 Å². The van der Waals surface area contributed by atoms with Crippen LogP contribution in [-0.2, 0) is 4.79 Å². The molecule has 3 aromatic carbocycles. The van der Waals surface area contributed by atoms with Crippen LogP contribution in [0.15, 0.2) is 79.0 Å². The minimum absolute atomic E-state index is 0.149. The lowest BCUT2D eigenvalue weighted by molar-refractivity contribution is -0.115. The van der Waals surface area contributed by atoms with Crippen molar-refractivity contribution in [3.63, 3.8) is 0 Å². The van der Waals surface area contributed by atoms with Crippen LogP contribution in [0.3, 0.4) is 0 Å². The molecule has 0 radical (unpaired) electrons. The predicted molar refractivity (Wildman–Crippen MR) is 110 cm³/mol. The third kappa shape index (κ3) is 4.59. The number of benzene rings is 3. The quantitative estimate of drug-likeness (QED) is 0.470. The number of carbonyl (C=O) groups is 2. The second-order valence-electron chi connectivity index (χ2n) is 6.35. The fourth-order valence-corrected chi connectivity index (χ4v) is 2.81. The van der Waals surface area contributed by atoms with Gasteiger partial charge in [-0.05, 0) is 48.5 Å². The van der Waals surface area contributed by atoms with Crippen LogP contribution >= 0.6 is 0 Å². The zero-order valence-corrected chi connectivity index (χ0v) is 15.4. The molecular weight excluding hydrogens is 368 g/mol. The summed E-state index contributed by atoms with van der Waals surface area (Å²) in [5, 5.41) is 13.1. The lowest BCUT2D eigenvalue weighted by Gasteiger charge is -2.09. The van der Waals surface area contributed by atoms with E-state index in [1.54, 1.807) is 42.6 Å². The van der Waals surface area contributed by atoms with Crippen molar-refractivity contribution < 1.29 is 14.3 Å². The van der Waals surface area contributed by atoms with Gasteiger partial charge in [0.1, 0.15) is 11.5 Å². The molecule has 0 unspecified atom stereocenters. The van der Waals surface area contributed by atoms with E-state index in [1.807, 2.05) is 36.4 Å². The van der Waals surface area contributed by atoms with E-state index in [1.165, 1.54) is 0 Å². The van der Waals surface area contributed by atoms with Gasteiger partial charge in [0.05, 0.1) is 18.3 Å². The maximum atomic E-state index is 12.4. The van der Waals surface area contributed by atoms with Crippen molar-refractivity contribution >= 4 is 28.4 Å². The molecule has 0 aliphatic heterocycles. The van der Waals surface area contributed by atoms with Gasteiger partial charge in [-0.3, -0.25) is 14.7 Å². The number of hydrogen-bond donors (Lipinski definition) is 3. The number of amides is 2. The third-order valence-electron chi connectivity index (χ3n) is 4.21. The number of aromatic nitrogens is 2. The first-order valence-corrected chi connectivity index (χ1v) is 9.01. The third-order valence-corrected chi connectivity index (χ3v) is 4.21. The molecule has 144 valence electrons. The van der Waals surface area contributed by atoms with Crippen LogP contribution in [0.4, 0.5) is 5.69 Å². The maximum Gasteiger partial charge on any atom is 0.251 e. The Morgan fingerprint density at radius 1 is 0.931 bits per heavy atom. The molecule has 0 aliphatic carbocycles. The van der Waals surface area contributed by atoms with E-state index < -0.39 is 0 Å². The van der Waals surface area contributed by atoms with Crippen LogP contribution in [0.1, 0.15) is 10.4 Å². The Balaban J connectivity index is 1.34. The number of aromatic amines is 1. The maximum absolute atomic E-state index is 12.4. The number of nitrogens with one attached hydrogen (secondary N) is 3. The number of H-pyrrole nitrogens is 1. The van der Waals surface area contributed by atoms with Gasteiger partial charge in [0, 0.05) is 16.6 Å². The Labute approximate surface area is 166 Å². The lowest BCUT2D eigenvalue weighted by Crippen LogP contribution is -2.32. The van der Waals surface area contributed by atoms with E-state index in [2.05, 4.69) is 20.8 Å². The molecule has 0 atom stereocenters. The van der Waals surface area contributed by atoms with Crippen molar-refractivity contribution in [1.82, 2.24) is 15.5 Å². The largest absolute Gasteiger partial charge is 0.457 e. The van der Waals surface area contributed by atoms with Gasteiger partial charge >= 0.3 is 0 Å². The van der Waals surface area contributed by atoms with Crippen LogP contribution in [-0.4, -0.2) is 28.6 Å². The van der Waals surface area contributed by atoms with Gasteiger partial charge in [0.2, 0.25) is 5.91 Å². The topological polar surface area (TPSA) is 96.1 Å². The first kappa shape index (κ1) is 18.2. The van der Waals surface area contributed by atoms with Crippen molar-refractivity contribution in [2.75, 3.05) is 11.9 Å². The number of rotatable bonds is 6. The molecular formula is C22H18N4O3. The number of fused-ring (bicyclic) bond motifs is 1. The second-order valence-corrected chi connectivity index (χ2v) is 6.35. The lowest BCUT2D eigenvalue weighted by atomic mass is 10.2. The van der Waals surface area contributed by atoms with E-state index in [0.717, 1.165) is 10.9 Å². The van der Waals surface area contributed by atoms with Gasteiger partial charge in [-0.2, -0.15) is 5.10 Å². The van der Waals surface area contributed by atoms with E-state index in [4.69, 9.17) is 4.74 Å². The molecule has 7 heteroatoms. The molecule has 4 aromatic rings. The average molecular weight is 386 g/mol. The first-order valence-electron chi connectivity index (χ1n) is 9.01. The standard InChI is InChI=1S/C22H18N4O3/c27-21(25-17-10-9-16-13-24-26-20(16)12-17)14-23-22(28)15-5-4-8-19(11-15)29-18-6-2-1-3-7-18/h1-13H,14H2,(H,23,28)(H,24,26)(H,25,27). The normalized spacial score (nSPS) is 10.5. The first-order chi connectivity index (χ1) is 14.2. The summed E-state index contributed by atoms with van der Waals surface area (Å²) in [7, 11) is 0. The molecule has 0 saturated carbocycles. The average Bonchev–Trinajstić information content (AvgIpc) is 3.21. The molecule has 1 aromatic heterocycles. The van der Waals surface area contributed by atoms with Crippen molar-refractivity contribution in [1.29, 1.82) is 0 Å². The zero-order valence-electron chi connectivity index (χ0n) is 15.4. The van der Waals surface area contributed by atoms with Gasteiger partial charge in [0.25, 0.3) is 5.91 Å². The molecule has 0 fully saturated rings. The van der Waals surface area contributed by atoms with Crippen molar-refractivity contribution in [3.8, 4) is 11.5 Å². The van der Waals surface area contributed by atoms with Crippen molar-refractivity contribution in [2.45, 2.75) is 0 Å². The number of para-hydroxylation sites is 1. The Hall–Kier alpha value is -4.13. The minimum atomic E-state index is -0.359.